The SMILES string of the molecule is CCOc1cc(CNCC2CCCN2CC)c(Cl)cc1OCc1ccc(C)cc1. The van der Waals surface area contributed by atoms with Gasteiger partial charge in [0.1, 0.15) is 6.61 Å². The molecule has 2 aromatic carbocycles. The molecule has 0 radical (unpaired) electrons. The third kappa shape index (κ3) is 6.11. The molecule has 0 aromatic heterocycles. The molecule has 1 N–H and O–H groups in total. The molecular weight excluding hydrogens is 384 g/mol. The van der Waals surface area contributed by atoms with E-state index in [-0.39, 0.29) is 0 Å². The number of nitrogens with one attached hydrogen (secondary N) is 1. The summed E-state index contributed by atoms with van der Waals surface area (Å²) in [6.45, 7) is 11.4. The summed E-state index contributed by atoms with van der Waals surface area (Å²) in [7, 11) is 0. The Morgan fingerprint density at radius 2 is 1.86 bits per heavy atom. The van der Waals surface area contributed by atoms with Gasteiger partial charge in [0.05, 0.1) is 6.61 Å². The van der Waals surface area contributed by atoms with Crippen molar-refractivity contribution in [2.75, 3.05) is 26.2 Å². The number of ether oxygens (including phenoxy) is 2. The summed E-state index contributed by atoms with van der Waals surface area (Å²) in [4.78, 5) is 2.54. The summed E-state index contributed by atoms with van der Waals surface area (Å²) in [6, 6.07) is 12.9. The number of aryl methyl sites for hydroxylation is 1. The number of benzene rings is 2. The van der Waals surface area contributed by atoms with Gasteiger partial charge in [-0.3, -0.25) is 4.90 Å². The molecule has 1 aliphatic heterocycles. The van der Waals surface area contributed by atoms with Crippen molar-refractivity contribution in [2.45, 2.75) is 52.8 Å². The normalized spacial score (nSPS) is 16.9. The average Bonchev–Trinajstić information content (AvgIpc) is 3.18. The van der Waals surface area contributed by atoms with Crippen LogP contribution in [-0.2, 0) is 13.2 Å². The molecule has 1 unspecified atom stereocenters. The van der Waals surface area contributed by atoms with Crippen LogP contribution in [0.25, 0.3) is 0 Å². The summed E-state index contributed by atoms with van der Waals surface area (Å²) >= 11 is 6.57. The predicted molar refractivity (Wildman–Crippen MR) is 120 cm³/mol. The number of hydrogen-bond donors (Lipinski definition) is 1. The van der Waals surface area contributed by atoms with E-state index in [1.54, 1.807) is 0 Å². The van der Waals surface area contributed by atoms with Gasteiger partial charge in [0.15, 0.2) is 11.5 Å². The minimum absolute atomic E-state index is 0.489. The predicted octanol–water partition coefficient (Wildman–Crippen LogP) is 5.20. The van der Waals surface area contributed by atoms with Crippen LogP contribution < -0.4 is 14.8 Å². The van der Waals surface area contributed by atoms with Gasteiger partial charge in [-0.05, 0) is 57.0 Å². The van der Waals surface area contributed by atoms with E-state index >= 15 is 0 Å². The molecule has 0 spiro atoms. The number of likely N-dealkylation sites (tertiary alicyclic amines) is 1. The van der Waals surface area contributed by atoms with Crippen molar-refractivity contribution in [2.24, 2.45) is 0 Å². The van der Waals surface area contributed by atoms with Crippen molar-refractivity contribution in [3.8, 4) is 11.5 Å². The van der Waals surface area contributed by atoms with Crippen molar-refractivity contribution in [1.29, 1.82) is 0 Å². The number of rotatable bonds is 10. The third-order valence-corrected chi connectivity index (χ3v) is 5.88. The highest BCUT2D eigenvalue weighted by Gasteiger charge is 2.22. The zero-order valence-electron chi connectivity index (χ0n) is 17.8. The van der Waals surface area contributed by atoms with Gasteiger partial charge in [0.25, 0.3) is 0 Å². The Morgan fingerprint density at radius 1 is 1.10 bits per heavy atom. The van der Waals surface area contributed by atoms with E-state index in [1.165, 1.54) is 24.9 Å². The Kier molecular flexibility index (Phi) is 8.22. The van der Waals surface area contributed by atoms with Gasteiger partial charge >= 0.3 is 0 Å². The fourth-order valence-corrected chi connectivity index (χ4v) is 4.08. The van der Waals surface area contributed by atoms with Crippen molar-refractivity contribution < 1.29 is 9.47 Å². The lowest BCUT2D eigenvalue weighted by molar-refractivity contribution is 0.259. The third-order valence-electron chi connectivity index (χ3n) is 5.53. The van der Waals surface area contributed by atoms with Gasteiger partial charge in [0, 0.05) is 30.2 Å². The maximum atomic E-state index is 6.57. The largest absolute Gasteiger partial charge is 0.490 e. The Morgan fingerprint density at radius 3 is 2.59 bits per heavy atom. The maximum Gasteiger partial charge on any atom is 0.163 e. The van der Waals surface area contributed by atoms with Gasteiger partial charge in [-0.2, -0.15) is 0 Å². The molecule has 29 heavy (non-hydrogen) atoms. The van der Waals surface area contributed by atoms with Gasteiger partial charge in [0.2, 0.25) is 0 Å². The van der Waals surface area contributed by atoms with Crippen LogP contribution in [-0.4, -0.2) is 37.2 Å². The Labute approximate surface area is 180 Å². The number of nitrogens with zero attached hydrogens (tertiary/aromatic N) is 1. The molecule has 3 rings (SSSR count). The van der Waals surface area contributed by atoms with E-state index in [9.17, 15) is 0 Å². The second kappa shape index (κ2) is 10.9. The van der Waals surface area contributed by atoms with Crippen LogP contribution in [0.5, 0.6) is 11.5 Å². The zero-order chi connectivity index (χ0) is 20.6. The van der Waals surface area contributed by atoms with Crippen LogP contribution in [0.2, 0.25) is 5.02 Å². The van der Waals surface area contributed by atoms with Gasteiger partial charge in [-0.25, -0.2) is 0 Å². The molecule has 5 heteroatoms. The second-order valence-electron chi connectivity index (χ2n) is 7.65. The highest BCUT2D eigenvalue weighted by Crippen LogP contribution is 2.34. The fourth-order valence-electron chi connectivity index (χ4n) is 3.86. The summed E-state index contributed by atoms with van der Waals surface area (Å²) < 4.78 is 11.9. The minimum atomic E-state index is 0.489. The summed E-state index contributed by atoms with van der Waals surface area (Å²) in [5.74, 6) is 1.44. The van der Waals surface area contributed by atoms with Crippen LogP contribution in [0.15, 0.2) is 36.4 Å². The van der Waals surface area contributed by atoms with E-state index in [1.807, 2.05) is 19.1 Å². The lowest BCUT2D eigenvalue weighted by Gasteiger charge is -2.23. The number of halogens is 1. The van der Waals surface area contributed by atoms with Gasteiger partial charge in [-0.15, -0.1) is 0 Å². The molecule has 0 bridgehead atoms. The summed E-state index contributed by atoms with van der Waals surface area (Å²) in [5.41, 5.74) is 3.40. The van der Waals surface area contributed by atoms with E-state index < -0.39 is 0 Å². The maximum absolute atomic E-state index is 6.57. The van der Waals surface area contributed by atoms with Crippen molar-refractivity contribution >= 4 is 11.6 Å². The quantitative estimate of drug-likeness (QED) is 0.577. The molecule has 4 nitrogen and oxygen atoms in total. The van der Waals surface area contributed by atoms with Crippen molar-refractivity contribution in [1.82, 2.24) is 10.2 Å². The average molecular weight is 417 g/mol. The molecule has 2 aromatic rings. The van der Waals surface area contributed by atoms with Crippen LogP contribution in [0.3, 0.4) is 0 Å². The van der Waals surface area contributed by atoms with Crippen molar-refractivity contribution in [3.05, 3.63) is 58.1 Å². The number of likely N-dealkylation sites (N-methyl/N-ethyl adjacent to an activating group) is 1. The fraction of sp³-hybridized carbons (Fsp3) is 0.500. The minimum Gasteiger partial charge on any atom is -0.490 e. The molecular formula is C24H33ClN2O2. The molecule has 1 heterocycles. The first kappa shape index (κ1) is 21.9. The van der Waals surface area contributed by atoms with Crippen LogP contribution in [0.1, 0.15) is 43.4 Å². The highest BCUT2D eigenvalue weighted by atomic mass is 35.5. The topological polar surface area (TPSA) is 33.7 Å². The molecule has 1 atom stereocenters. The van der Waals surface area contributed by atoms with Crippen LogP contribution in [0.4, 0.5) is 0 Å². The monoisotopic (exact) mass is 416 g/mol. The molecule has 158 valence electrons. The zero-order valence-corrected chi connectivity index (χ0v) is 18.6. The van der Waals surface area contributed by atoms with Crippen LogP contribution in [0, 0.1) is 6.92 Å². The smallest absolute Gasteiger partial charge is 0.163 e. The first-order chi connectivity index (χ1) is 14.1. The molecule has 0 amide bonds. The van der Waals surface area contributed by atoms with E-state index in [0.717, 1.165) is 36.5 Å². The molecule has 1 aliphatic rings. The van der Waals surface area contributed by atoms with Crippen molar-refractivity contribution in [3.63, 3.8) is 0 Å². The molecule has 1 fully saturated rings. The van der Waals surface area contributed by atoms with E-state index in [2.05, 4.69) is 48.3 Å². The van der Waals surface area contributed by atoms with E-state index in [0.29, 0.717) is 30.0 Å². The van der Waals surface area contributed by atoms with Gasteiger partial charge < -0.3 is 14.8 Å². The molecule has 1 saturated heterocycles. The molecule has 0 saturated carbocycles. The second-order valence-corrected chi connectivity index (χ2v) is 8.06. The Hall–Kier alpha value is -1.75. The Bertz CT molecular complexity index is 779. The lowest BCUT2D eigenvalue weighted by Crippen LogP contribution is -2.37. The first-order valence-corrected chi connectivity index (χ1v) is 11.1. The summed E-state index contributed by atoms with van der Waals surface area (Å²) in [5, 5.41) is 4.29. The first-order valence-electron chi connectivity index (χ1n) is 10.7. The number of hydrogen-bond acceptors (Lipinski definition) is 4. The molecule has 0 aliphatic carbocycles. The Balaban J connectivity index is 1.62. The standard InChI is InChI=1S/C24H33ClN2O2/c1-4-27-12-6-7-21(27)16-26-15-20-13-23(28-5-2)24(14-22(20)25)29-17-19-10-8-18(3)9-11-19/h8-11,13-14,21,26H,4-7,12,15-17H2,1-3H3. The van der Waals surface area contributed by atoms with Crippen LogP contribution >= 0.6 is 11.6 Å². The lowest BCUT2D eigenvalue weighted by atomic mass is 10.1. The van der Waals surface area contributed by atoms with Gasteiger partial charge in [-0.1, -0.05) is 48.4 Å². The summed E-state index contributed by atoms with van der Waals surface area (Å²) in [6.07, 6.45) is 2.56. The van der Waals surface area contributed by atoms with E-state index in [4.69, 9.17) is 21.1 Å². The highest BCUT2D eigenvalue weighted by molar-refractivity contribution is 6.31.